The van der Waals surface area contributed by atoms with Gasteiger partial charge in [-0.1, -0.05) is 24.3 Å². The highest BCUT2D eigenvalue weighted by Crippen LogP contribution is 2.36. The molecule has 9 heteroatoms. The minimum absolute atomic E-state index is 0.0168. The molecular formula is C26H23FN4O4. The maximum absolute atomic E-state index is 15.9. The number of benzene rings is 2. The molecule has 1 saturated heterocycles. The summed E-state index contributed by atoms with van der Waals surface area (Å²) in [4.78, 5) is 26.3. The largest absolute Gasteiger partial charge is 0.468 e. The van der Waals surface area contributed by atoms with E-state index in [0.29, 0.717) is 11.3 Å². The normalized spacial score (nSPS) is 15.3. The average Bonchev–Trinajstić information content (AvgIpc) is 3.48. The third kappa shape index (κ3) is 3.77. The number of rotatable bonds is 6. The second kappa shape index (κ2) is 8.66. The second-order valence-corrected chi connectivity index (χ2v) is 8.61. The lowest BCUT2D eigenvalue weighted by atomic mass is 10.0. The number of nitrogens with zero attached hydrogens (tertiary/aromatic N) is 3. The van der Waals surface area contributed by atoms with Crippen LogP contribution in [0.15, 0.2) is 58.8 Å². The summed E-state index contributed by atoms with van der Waals surface area (Å²) in [6.45, 7) is 1.95. The van der Waals surface area contributed by atoms with Crippen molar-refractivity contribution < 1.29 is 18.6 Å². The lowest BCUT2D eigenvalue weighted by Crippen LogP contribution is -2.13. The van der Waals surface area contributed by atoms with E-state index in [4.69, 9.17) is 14.2 Å². The monoisotopic (exact) mass is 474 g/mol. The third-order valence-electron chi connectivity index (χ3n) is 6.48. The van der Waals surface area contributed by atoms with Gasteiger partial charge in [0, 0.05) is 38.4 Å². The SMILES string of the molecule is COCOc1cc(-c2ncc3c(=O)[nH]c(OC4=C5CCCN5CC4)nc3c2F)c2ccccc2c1. The quantitative estimate of drug-likeness (QED) is 0.416. The van der Waals surface area contributed by atoms with Gasteiger partial charge < -0.3 is 19.1 Å². The zero-order chi connectivity index (χ0) is 23.9. The fraction of sp³-hybridized carbons (Fsp3) is 0.269. The predicted octanol–water partition coefficient (Wildman–Crippen LogP) is 4.35. The number of nitrogens with one attached hydrogen (secondary N) is 1. The van der Waals surface area contributed by atoms with Gasteiger partial charge in [0.15, 0.2) is 12.6 Å². The van der Waals surface area contributed by atoms with Crippen LogP contribution in [0.5, 0.6) is 11.8 Å². The highest BCUT2D eigenvalue weighted by atomic mass is 19.1. The molecule has 4 heterocycles. The Morgan fingerprint density at radius 2 is 2.03 bits per heavy atom. The summed E-state index contributed by atoms with van der Waals surface area (Å²) in [6.07, 6.45) is 4.09. The molecule has 2 aromatic heterocycles. The molecule has 6 rings (SSSR count). The van der Waals surface area contributed by atoms with Gasteiger partial charge in [-0.3, -0.25) is 14.8 Å². The molecule has 2 aliphatic heterocycles. The van der Waals surface area contributed by atoms with Gasteiger partial charge >= 0.3 is 6.01 Å². The minimum atomic E-state index is -0.695. The van der Waals surface area contributed by atoms with Crippen molar-refractivity contribution in [3.8, 4) is 23.0 Å². The zero-order valence-electron chi connectivity index (χ0n) is 19.1. The first-order valence-corrected chi connectivity index (χ1v) is 11.5. The summed E-state index contributed by atoms with van der Waals surface area (Å²) < 4.78 is 32.5. The molecule has 0 aliphatic carbocycles. The number of methoxy groups -OCH3 is 1. The molecule has 0 unspecified atom stereocenters. The Bertz CT molecular complexity index is 1550. The Kier molecular flexibility index (Phi) is 5.33. The van der Waals surface area contributed by atoms with E-state index in [1.165, 1.54) is 13.3 Å². The van der Waals surface area contributed by atoms with Gasteiger partial charge in [-0.2, -0.15) is 4.98 Å². The van der Waals surface area contributed by atoms with E-state index in [9.17, 15) is 4.79 Å². The number of allylic oxidation sites excluding steroid dienone is 1. The van der Waals surface area contributed by atoms with E-state index in [1.807, 2.05) is 30.3 Å². The maximum Gasteiger partial charge on any atom is 0.302 e. The topological polar surface area (TPSA) is 89.6 Å². The fourth-order valence-corrected chi connectivity index (χ4v) is 4.87. The van der Waals surface area contributed by atoms with Gasteiger partial charge in [-0.25, -0.2) is 4.39 Å². The summed E-state index contributed by atoms with van der Waals surface area (Å²) in [7, 11) is 1.53. The Morgan fingerprint density at radius 3 is 2.91 bits per heavy atom. The molecule has 1 N–H and O–H groups in total. The molecule has 178 valence electrons. The minimum Gasteiger partial charge on any atom is -0.468 e. The molecule has 2 aromatic carbocycles. The van der Waals surface area contributed by atoms with Gasteiger partial charge in [-0.05, 0) is 35.7 Å². The van der Waals surface area contributed by atoms with Crippen molar-refractivity contribution in [2.45, 2.75) is 19.3 Å². The highest BCUT2D eigenvalue weighted by Gasteiger charge is 2.28. The van der Waals surface area contributed by atoms with Crippen LogP contribution >= 0.6 is 0 Å². The molecular weight excluding hydrogens is 451 g/mol. The second-order valence-electron chi connectivity index (χ2n) is 8.61. The van der Waals surface area contributed by atoms with Crippen molar-refractivity contribution in [3.63, 3.8) is 0 Å². The Labute approximate surface area is 200 Å². The van der Waals surface area contributed by atoms with E-state index < -0.39 is 11.4 Å². The smallest absolute Gasteiger partial charge is 0.302 e. The maximum atomic E-state index is 15.9. The first kappa shape index (κ1) is 21.5. The first-order chi connectivity index (χ1) is 17.1. The van der Waals surface area contributed by atoms with Crippen LogP contribution in [-0.2, 0) is 4.74 Å². The van der Waals surface area contributed by atoms with Crippen molar-refractivity contribution in [2.24, 2.45) is 0 Å². The number of aromatic nitrogens is 3. The summed E-state index contributed by atoms with van der Waals surface area (Å²) in [5.74, 6) is 0.605. The molecule has 0 bridgehead atoms. The van der Waals surface area contributed by atoms with Crippen LogP contribution in [0.25, 0.3) is 32.9 Å². The molecule has 4 aromatic rings. The van der Waals surface area contributed by atoms with Crippen molar-refractivity contribution in [1.29, 1.82) is 0 Å². The predicted molar refractivity (Wildman–Crippen MR) is 129 cm³/mol. The number of halogens is 1. The summed E-state index contributed by atoms with van der Waals surface area (Å²) in [5.41, 5.74) is 1.15. The van der Waals surface area contributed by atoms with E-state index in [-0.39, 0.29) is 29.4 Å². The number of H-pyrrole nitrogens is 1. The van der Waals surface area contributed by atoms with Crippen LogP contribution in [0.3, 0.4) is 0 Å². The third-order valence-corrected chi connectivity index (χ3v) is 6.48. The molecule has 0 amide bonds. The molecule has 0 saturated carbocycles. The number of pyridine rings is 1. The molecule has 2 aliphatic rings. The standard InChI is InChI=1S/C26H23FN4O4/c1-33-14-34-16-11-15-5-2-3-6-17(15)18(12-16)23-22(27)24-19(13-28-23)25(32)30-26(29-24)35-21-8-10-31-9-4-7-20(21)31/h2-3,5-6,11-13H,4,7-10,14H2,1H3,(H,29,30,32). The zero-order valence-corrected chi connectivity index (χ0v) is 19.1. The van der Waals surface area contributed by atoms with Crippen LogP contribution in [0.4, 0.5) is 4.39 Å². The molecule has 35 heavy (non-hydrogen) atoms. The molecule has 0 spiro atoms. The van der Waals surface area contributed by atoms with Crippen molar-refractivity contribution in [2.75, 3.05) is 27.0 Å². The molecule has 1 fully saturated rings. The summed E-state index contributed by atoms with van der Waals surface area (Å²) in [5, 5.41) is 1.71. The average molecular weight is 474 g/mol. The lowest BCUT2D eigenvalue weighted by Gasteiger charge is -2.13. The number of aromatic amines is 1. The van der Waals surface area contributed by atoms with Gasteiger partial charge in [-0.15, -0.1) is 0 Å². The van der Waals surface area contributed by atoms with Crippen molar-refractivity contribution in [3.05, 3.63) is 70.2 Å². The molecule has 0 radical (unpaired) electrons. The number of hydrogen-bond acceptors (Lipinski definition) is 7. The van der Waals surface area contributed by atoms with Crippen molar-refractivity contribution in [1.82, 2.24) is 19.9 Å². The van der Waals surface area contributed by atoms with E-state index in [2.05, 4.69) is 19.9 Å². The Hall–Kier alpha value is -3.98. The number of fused-ring (bicyclic) bond motifs is 3. The Balaban J connectivity index is 1.48. The van der Waals surface area contributed by atoms with E-state index in [0.717, 1.165) is 54.6 Å². The number of hydrogen-bond donors (Lipinski definition) is 1. The fourth-order valence-electron chi connectivity index (χ4n) is 4.87. The highest BCUT2D eigenvalue weighted by molar-refractivity contribution is 5.98. The van der Waals surface area contributed by atoms with Crippen LogP contribution < -0.4 is 15.0 Å². The van der Waals surface area contributed by atoms with Gasteiger partial charge in [0.25, 0.3) is 5.56 Å². The van der Waals surface area contributed by atoms with Crippen LogP contribution in [0.2, 0.25) is 0 Å². The molecule has 8 nitrogen and oxygen atoms in total. The van der Waals surface area contributed by atoms with E-state index >= 15 is 4.39 Å². The van der Waals surface area contributed by atoms with Gasteiger partial charge in [0.05, 0.1) is 11.1 Å². The first-order valence-electron chi connectivity index (χ1n) is 11.5. The molecule has 0 atom stereocenters. The number of ether oxygens (including phenoxy) is 3. The van der Waals surface area contributed by atoms with Gasteiger partial charge in [0.1, 0.15) is 22.7 Å². The van der Waals surface area contributed by atoms with Crippen molar-refractivity contribution >= 4 is 21.7 Å². The summed E-state index contributed by atoms with van der Waals surface area (Å²) >= 11 is 0. The van der Waals surface area contributed by atoms with Gasteiger partial charge in [0.2, 0.25) is 0 Å². The lowest BCUT2D eigenvalue weighted by molar-refractivity contribution is 0.0512. The Morgan fingerprint density at radius 1 is 1.14 bits per heavy atom. The van der Waals surface area contributed by atoms with E-state index in [1.54, 1.807) is 6.07 Å². The van der Waals surface area contributed by atoms with Crippen LogP contribution in [0, 0.1) is 5.82 Å². The van der Waals surface area contributed by atoms with Crippen LogP contribution in [0.1, 0.15) is 19.3 Å². The van der Waals surface area contributed by atoms with Crippen LogP contribution in [-0.4, -0.2) is 46.8 Å². The summed E-state index contributed by atoms with van der Waals surface area (Å²) in [6, 6.07) is 11.1.